The fourth-order valence-electron chi connectivity index (χ4n) is 1.59. The number of carbonyl (C=O) groups excluding carboxylic acids is 1. The summed E-state index contributed by atoms with van der Waals surface area (Å²) < 4.78 is 4.75. The van der Waals surface area contributed by atoms with Crippen LogP contribution in [0, 0.1) is 5.92 Å². The zero-order valence-electron chi connectivity index (χ0n) is 9.74. The summed E-state index contributed by atoms with van der Waals surface area (Å²) in [5.74, 6) is 1.02. The van der Waals surface area contributed by atoms with E-state index in [1.165, 1.54) is 6.42 Å². The molecule has 0 saturated carbocycles. The van der Waals surface area contributed by atoms with Crippen LogP contribution in [0.4, 0.5) is 4.79 Å². The van der Waals surface area contributed by atoms with Crippen LogP contribution in [0.3, 0.4) is 0 Å². The van der Waals surface area contributed by atoms with E-state index in [1.54, 1.807) is 6.92 Å². The number of rotatable bonds is 4. The quantitative estimate of drug-likeness (QED) is 0.585. The highest BCUT2D eigenvalue weighted by molar-refractivity contribution is 5.68. The van der Waals surface area contributed by atoms with Crippen LogP contribution < -0.4 is 5.32 Å². The molecule has 0 aromatic heterocycles. The van der Waals surface area contributed by atoms with Crippen molar-refractivity contribution < 1.29 is 9.53 Å². The van der Waals surface area contributed by atoms with Crippen LogP contribution in [0.2, 0.25) is 0 Å². The lowest BCUT2D eigenvalue weighted by Gasteiger charge is -2.12. The highest BCUT2D eigenvalue weighted by Gasteiger charge is 2.05. The van der Waals surface area contributed by atoms with E-state index in [0.29, 0.717) is 18.2 Å². The number of hydrogen-bond donors (Lipinski definition) is 1. The van der Waals surface area contributed by atoms with Crippen molar-refractivity contribution >= 4 is 6.09 Å². The van der Waals surface area contributed by atoms with Crippen LogP contribution >= 0.6 is 0 Å². The molecule has 1 aliphatic carbocycles. The number of carbonyl (C=O) groups is 1. The van der Waals surface area contributed by atoms with E-state index in [1.807, 2.05) is 6.08 Å². The van der Waals surface area contributed by atoms with Gasteiger partial charge in [0, 0.05) is 6.54 Å². The Bertz CT molecular complexity index is 305. The molecule has 1 amide bonds. The maximum atomic E-state index is 11.1. The van der Waals surface area contributed by atoms with E-state index in [-0.39, 0.29) is 0 Å². The van der Waals surface area contributed by atoms with Crippen molar-refractivity contribution in [2.75, 3.05) is 6.54 Å². The van der Waals surface area contributed by atoms with Crippen LogP contribution in [0.5, 0.6) is 0 Å². The second-order valence-corrected chi connectivity index (χ2v) is 3.95. The van der Waals surface area contributed by atoms with Gasteiger partial charge in [-0.2, -0.15) is 0 Å². The molecule has 16 heavy (non-hydrogen) atoms. The van der Waals surface area contributed by atoms with Gasteiger partial charge in [0.1, 0.15) is 0 Å². The van der Waals surface area contributed by atoms with Gasteiger partial charge in [0.25, 0.3) is 0 Å². The fraction of sp³-hybridized carbons (Fsp3) is 0.462. The summed E-state index contributed by atoms with van der Waals surface area (Å²) in [4.78, 5) is 11.1. The van der Waals surface area contributed by atoms with E-state index in [9.17, 15) is 4.79 Å². The maximum absolute atomic E-state index is 11.1. The molecule has 3 heteroatoms. The maximum Gasteiger partial charge on any atom is 0.412 e. The van der Waals surface area contributed by atoms with Crippen LogP contribution in [-0.4, -0.2) is 12.6 Å². The average Bonchev–Trinajstić information content (AvgIpc) is 2.25. The minimum absolute atomic E-state index is 0.402. The number of allylic oxidation sites excluding steroid dienone is 4. The Morgan fingerprint density at radius 1 is 1.62 bits per heavy atom. The number of nitrogens with one attached hydrogen (secondary N) is 1. The van der Waals surface area contributed by atoms with Gasteiger partial charge in [0.15, 0.2) is 0 Å². The lowest BCUT2D eigenvalue weighted by Crippen LogP contribution is -2.23. The van der Waals surface area contributed by atoms with E-state index in [4.69, 9.17) is 4.74 Å². The summed E-state index contributed by atoms with van der Waals surface area (Å²) in [6, 6.07) is 0. The highest BCUT2D eigenvalue weighted by atomic mass is 16.6. The van der Waals surface area contributed by atoms with Gasteiger partial charge in [-0.25, -0.2) is 4.79 Å². The Labute approximate surface area is 96.9 Å². The molecule has 0 radical (unpaired) electrons. The molecule has 0 saturated heterocycles. The lowest BCUT2D eigenvalue weighted by molar-refractivity contribution is 0.178. The van der Waals surface area contributed by atoms with Crippen LogP contribution in [0.1, 0.15) is 26.2 Å². The van der Waals surface area contributed by atoms with Gasteiger partial charge in [-0.1, -0.05) is 30.9 Å². The standard InChI is InChI=1S/C13H19NO2/c1-11(2)16-13(15)14-10-6-9-12-7-4-3-5-8-12/h3-4,6,9,12H,1,5,7-8,10H2,2H3,(H,14,15). The Kier molecular flexibility index (Phi) is 5.40. The van der Waals surface area contributed by atoms with Gasteiger partial charge in [0.05, 0.1) is 5.76 Å². The first-order valence-electron chi connectivity index (χ1n) is 5.61. The Hall–Kier alpha value is -1.51. The lowest BCUT2D eigenvalue weighted by atomic mass is 9.94. The molecule has 0 aromatic rings. The number of amides is 1. The molecule has 1 unspecified atom stereocenters. The Balaban J connectivity index is 2.14. The predicted octanol–water partition coefficient (Wildman–Crippen LogP) is 3.16. The summed E-state index contributed by atoms with van der Waals surface area (Å²) in [5.41, 5.74) is 0. The van der Waals surface area contributed by atoms with Gasteiger partial charge in [-0.15, -0.1) is 0 Å². The summed E-state index contributed by atoms with van der Waals surface area (Å²) in [7, 11) is 0. The molecule has 0 fully saturated rings. The molecule has 0 aromatic carbocycles. The molecule has 1 atom stereocenters. The number of alkyl carbamates (subject to hydrolysis) is 1. The van der Waals surface area contributed by atoms with Crippen LogP contribution in [0.15, 0.2) is 36.6 Å². The number of hydrogen-bond acceptors (Lipinski definition) is 2. The smallest absolute Gasteiger partial charge is 0.412 e. The monoisotopic (exact) mass is 221 g/mol. The first kappa shape index (κ1) is 12.6. The average molecular weight is 221 g/mol. The second-order valence-electron chi connectivity index (χ2n) is 3.95. The van der Waals surface area contributed by atoms with Crippen molar-refractivity contribution in [3.63, 3.8) is 0 Å². The molecule has 0 spiro atoms. The van der Waals surface area contributed by atoms with E-state index in [2.05, 4.69) is 30.1 Å². The van der Waals surface area contributed by atoms with Crippen molar-refractivity contribution in [1.29, 1.82) is 0 Å². The zero-order valence-corrected chi connectivity index (χ0v) is 9.74. The van der Waals surface area contributed by atoms with Crippen molar-refractivity contribution in [2.45, 2.75) is 26.2 Å². The van der Waals surface area contributed by atoms with Gasteiger partial charge >= 0.3 is 6.09 Å². The third kappa shape index (κ3) is 5.39. The molecular weight excluding hydrogens is 202 g/mol. The highest BCUT2D eigenvalue weighted by Crippen LogP contribution is 2.18. The van der Waals surface area contributed by atoms with E-state index < -0.39 is 6.09 Å². The van der Waals surface area contributed by atoms with Gasteiger partial charge in [-0.05, 0) is 32.1 Å². The van der Waals surface area contributed by atoms with Gasteiger partial charge < -0.3 is 10.1 Å². The van der Waals surface area contributed by atoms with Crippen molar-refractivity contribution in [2.24, 2.45) is 5.92 Å². The normalized spacial score (nSPS) is 19.7. The summed E-state index contributed by atoms with van der Waals surface area (Å²) in [6.07, 6.45) is 11.6. The number of ether oxygens (including phenoxy) is 1. The van der Waals surface area contributed by atoms with E-state index in [0.717, 1.165) is 12.8 Å². The predicted molar refractivity (Wildman–Crippen MR) is 64.9 cm³/mol. The van der Waals surface area contributed by atoms with Crippen molar-refractivity contribution in [3.8, 4) is 0 Å². The topological polar surface area (TPSA) is 38.3 Å². The fourth-order valence-corrected chi connectivity index (χ4v) is 1.59. The molecular formula is C13H19NO2. The third-order valence-electron chi connectivity index (χ3n) is 2.35. The Morgan fingerprint density at radius 2 is 2.44 bits per heavy atom. The third-order valence-corrected chi connectivity index (χ3v) is 2.35. The zero-order chi connectivity index (χ0) is 11.8. The Morgan fingerprint density at radius 3 is 3.06 bits per heavy atom. The van der Waals surface area contributed by atoms with Gasteiger partial charge in [-0.3, -0.25) is 0 Å². The molecule has 3 nitrogen and oxygen atoms in total. The largest absolute Gasteiger partial charge is 0.416 e. The summed E-state index contributed by atoms with van der Waals surface area (Å²) in [6.45, 7) is 5.64. The van der Waals surface area contributed by atoms with Crippen molar-refractivity contribution in [1.82, 2.24) is 5.32 Å². The summed E-state index contributed by atoms with van der Waals surface area (Å²) >= 11 is 0. The summed E-state index contributed by atoms with van der Waals surface area (Å²) in [5, 5.41) is 2.63. The molecule has 1 aliphatic rings. The van der Waals surface area contributed by atoms with Gasteiger partial charge in [0.2, 0.25) is 0 Å². The molecule has 88 valence electrons. The molecule has 0 bridgehead atoms. The molecule has 0 aliphatic heterocycles. The van der Waals surface area contributed by atoms with Crippen LogP contribution in [0.25, 0.3) is 0 Å². The molecule has 1 rings (SSSR count). The van der Waals surface area contributed by atoms with E-state index >= 15 is 0 Å². The SMILES string of the molecule is C=C(C)OC(=O)NCC=CC1CC=CCC1. The minimum atomic E-state index is -0.444. The molecule has 0 heterocycles. The first-order chi connectivity index (χ1) is 7.68. The minimum Gasteiger partial charge on any atom is -0.416 e. The van der Waals surface area contributed by atoms with Crippen LogP contribution in [-0.2, 0) is 4.74 Å². The van der Waals surface area contributed by atoms with Crippen molar-refractivity contribution in [3.05, 3.63) is 36.6 Å². The second kappa shape index (κ2) is 6.88. The first-order valence-corrected chi connectivity index (χ1v) is 5.61. The molecule has 1 N–H and O–H groups in total.